The molecule has 1 saturated carbocycles. The third-order valence-corrected chi connectivity index (χ3v) is 3.04. The van der Waals surface area contributed by atoms with Crippen molar-refractivity contribution in [3.8, 4) is 0 Å². The lowest BCUT2D eigenvalue weighted by atomic mass is 9.82. The minimum atomic E-state index is -0.445. The first-order valence-electron chi connectivity index (χ1n) is 5.89. The number of benzene rings is 1. The van der Waals surface area contributed by atoms with Crippen LogP contribution in [0.3, 0.4) is 0 Å². The summed E-state index contributed by atoms with van der Waals surface area (Å²) in [5.74, 6) is 0.823. The van der Waals surface area contributed by atoms with Crippen molar-refractivity contribution in [1.29, 1.82) is 0 Å². The second-order valence-electron chi connectivity index (χ2n) is 4.62. The monoisotopic (exact) mass is 234 g/mol. The predicted molar refractivity (Wildman–Crippen MR) is 68.3 cm³/mol. The van der Waals surface area contributed by atoms with Gasteiger partial charge >= 0.3 is 6.09 Å². The van der Waals surface area contributed by atoms with Gasteiger partial charge in [0.25, 0.3) is 0 Å². The number of methoxy groups -OCH3 is 1. The molecule has 1 fully saturated rings. The van der Waals surface area contributed by atoms with Crippen LogP contribution < -0.4 is 10.6 Å². The first-order chi connectivity index (χ1) is 8.17. The first kappa shape index (κ1) is 11.8. The molecule has 0 unspecified atom stereocenters. The third-order valence-electron chi connectivity index (χ3n) is 3.04. The molecule has 1 aliphatic rings. The van der Waals surface area contributed by atoms with Gasteiger partial charge in [-0.15, -0.1) is 0 Å². The highest BCUT2D eigenvalue weighted by Gasteiger charge is 2.24. The highest BCUT2D eigenvalue weighted by atomic mass is 16.5. The zero-order valence-corrected chi connectivity index (χ0v) is 10.2. The maximum absolute atomic E-state index is 11.1. The molecule has 0 bridgehead atoms. The summed E-state index contributed by atoms with van der Waals surface area (Å²) >= 11 is 0. The lowest BCUT2D eigenvalue weighted by Crippen LogP contribution is -2.33. The number of rotatable bonds is 3. The number of amides is 1. The van der Waals surface area contributed by atoms with E-state index in [1.165, 1.54) is 20.0 Å². The fourth-order valence-electron chi connectivity index (χ4n) is 2.11. The Hall–Kier alpha value is -1.71. The highest BCUT2D eigenvalue weighted by molar-refractivity contribution is 5.85. The van der Waals surface area contributed by atoms with Gasteiger partial charge in [-0.25, -0.2) is 4.79 Å². The SMILES string of the molecule is COC(=O)Nc1cccc(NC2CC(C)C2)c1. The predicted octanol–water partition coefficient (Wildman–Crippen LogP) is 3.08. The minimum absolute atomic E-state index is 0.445. The van der Waals surface area contributed by atoms with E-state index in [1.54, 1.807) is 0 Å². The van der Waals surface area contributed by atoms with Gasteiger partial charge in [0, 0.05) is 17.4 Å². The number of hydrogen-bond donors (Lipinski definition) is 2. The molecule has 0 spiro atoms. The van der Waals surface area contributed by atoms with Crippen molar-refractivity contribution in [2.24, 2.45) is 5.92 Å². The number of carbonyl (C=O) groups is 1. The Kier molecular flexibility index (Phi) is 3.52. The lowest BCUT2D eigenvalue weighted by molar-refractivity contribution is 0.187. The van der Waals surface area contributed by atoms with Crippen LogP contribution in [0.25, 0.3) is 0 Å². The molecule has 17 heavy (non-hydrogen) atoms. The number of nitrogens with one attached hydrogen (secondary N) is 2. The van der Waals surface area contributed by atoms with Gasteiger partial charge in [0.2, 0.25) is 0 Å². The fraction of sp³-hybridized carbons (Fsp3) is 0.462. The van der Waals surface area contributed by atoms with Gasteiger partial charge in [0.05, 0.1) is 7.11 Å². The van der Waals surface area contributed by atoms with Crippen LogP contribution in [0.4, 0.5) is 16.2 Å². The summed E-state index contributed by atoms with van der Waals surface area (Å²) in [7, 11) is 1.35. The summed E-state index contributed by atoms with van der Waals surface area (Å²) in [5, 5.41) is 6.10. The van der Waals surface area contributed by atoms with E-state index in [0.29, 0.717) is 6.04 Å². The van der Waals surface area contributed by atoms with Gasteiger partial charge in [-0.2, -0.15) is 0 Å². The highest BCUT2D eigenvalue weighted by Crippen LogP contribution is 2.29. The van der Waals surface area contributed by atoms with Crippen LogP contribution >= 0.6 is 0 Å². The van der Waals surface area contributed by atoms with E-state index in [1.807, 2.05) is 24.3 Å². The van der Waals surface area contributed by atoms with E-state index in [2.05, 4.69) is 22.3 Å². The lowest BCUT2D eigenvalue weighted by Gasteiger charge is -2.34. The fourth-order valence-corrected chi connectivity index (χ4v) is 2.11. The smallest absolute Gasteiger partial charge is 0.411 e. The number of ether oxygens (including phenoxy) is 1. The Bertz CT molecular complexity index is 400. The summed E-state index contributed by atoms with van der Waals surface area (Å²) in [5.41, 5.74) is 1.78. The largest absolute Gasteiger partial charge is 0.453 e. The average Bonchev–Trinajstić information content (AvgIpc) is 2.27. The second-order valence-corrected chi connectivity index (χ2v) is 4.62. The number of hydrogen-bond acceptors (Lipinski definition) is 3. The Labute approximate surface area is 101 Å². The van der Waals surface area contributed by atoms with Crippen molar-refractivity contribution in [2.75, 3.05) is 17.7 Å². The normalized spacial score (nSPS) is 22.5. The zero-order chi connectivity index (χ0) is 12.3. The van der Waals surface area contributed by atoms with Crippen molar-refractivity contribution in [3.63, 3.8) is 0 Å². The third kappa shape index (κ3) is 3.12. The van der Waals surface area contributed by atoms with Crippen molar-refractivity contribution >= 4 is 17.5 Å². The summed E-state index contributed by atoms with van der Waals surface area (Å²) in [6, 6.07) is 8.24. The van der Waals surface area contributed by atoms with E-state index >= 15 is 0 Å². The van der Waals surface area contributed by atoms with Crippen LogP contribution in [0.5, 0.6) is 0 Å². The summed E-state index contributed by atoms with van der Waals surface area (Å²) in [6.07, 6.45) is 1.99. The van der Waals surface area contributed by atoms with Crippen LogP contribution in [0.1, 0.15) is 19.8 Å². The Morgan fingerprint density at radius 1 is 1.35 bits per heavy atom. The van der Waals surface area contributed by atoms with E-state index in [-0.39, 0.29) is 0 Å². The summed E-state index contributed by atoms with van der Waals surface area (Å²) in [4.78, 5) is 11.1. The van der Waals surface area contributed by atoms with E-state index < -0.39 is 6.09 Å². The minimum Gasteiger partial charge on any atom is -0.453 e. The van der Waals surface area contributed by atoms with E-state index in [9.17, 15) is 4.79 Å². The molecule has 0 heterocycles. The Balaban J connectivity index is 1.94. The van der Waals surface area contributed by atoms with Gasteiger partial charge in [0.1, 0.15) is 0 Å². The molecular formula is C13H18N2O2. The molecular weight excluding hydrogens is 216 g/mol. The van der Waals surface area contributed by atoms with Crippen LogP contribution in [-0.2, 0) is 4.74 Å². The van der Waals surface area contributed by atoms with Crippen molar-refractivity contribution in [3.05, 3.63) is 24.3 Å². The molecule has 2 rings (SSSR count). The molecule has 1 amide bonds. The summed E-state index contributed by atoms with van der Waals surface area (Å²) in [6.45, 7) is 2.26. The molecule has 1 aromatic carbocycles. The van der Waals surface area contributed by atoms with Crippen molar-refractivity contribution < 1.29 is 9.53 Å². The second kappa shape index (κ2) is 5.08. The molecule has 1 aliphatic carbocycles. The molecule has 0 aliphatic heterocycles. The number of carbonyl (C=O) groups excluding carboxylic acids is 1. The Morgan fingerprint density at radius 2 is 2.06 bits per heavy atom. The van der Waals surface area contributed by atoms with Crippen molar-refractivity contribution in [2.45, 2.75) is 25.8 Å². The van der Waals surface area contributed by atoms with Crippen LogP contribution in [0, 0.1) is 5.92 Å². The molecule has 0 saturated heterocycles. The van der Waals surface area contributed by atoms with Crippen LogP contribution in [-0.4, -0.2) is 19.2 Å². The molecule has 0 atom stereocenters. The van der Waals surface area contributed by atoms with E-state index in [0.717, 1.165) is 17.3 Å². The molecule has 1 aromatic rings. The molecule has 0 radical (unpaired) electrons. The molecule has 0 aromatic heterocycles. The maximum atomic E-state index is 11.1. The maximum Gasteiger partial charge on any atom is 0.411 e. The van der Waals surface area contributed by atoms with Crippen LogP contribution in [0.15, 0.2) is 24.3 Å². The van der Waals surface area contributed by atoms with Gasteiger partial charge in [0.15, 0.2) is 0 Å². The standard InChI is InChI=1S/C13H18N2O2/c1-9-6-12(7-9)14-10-4-3-5-11(8-10)15-13(16)17-2/h3-5,8-9,12,14H,6-7H2,1-2H3,(H,15,16). The molecule has 92 valence electrons. The molecule has 4 nitrogen and oxygen atoms in total. The molecule has 4 heteroatoms. The quantitative estimate of drug-likeness (QED) is 0.845. The molecule has 2 N–H and O–H groups in total. The van der Waals surface area contributed by atoms with Gasteiger partial charge < -0.3 is 10.1 Å². The van der Waals surface area contributed by atoms with E-state index in [4.69, 9.17) is 0 Å². The van der Waals surface area contributed by atoms with Gasteiger partial charge in [-0.05, 0) is 37.0 Å². The Morgan fingerprint density at radius 3 is 2.71 bits per heavy atom. The zero-order valence-electron chi connectivity index (χ0n) is 10.2. The summed E-state index contributed by atoms with van der Waals surface area (Å²) < 4.78 is 4.55. The van der Waals surface area contributed by atoms with Crippen LogP contribution in [0.2, 0.25) is 0 Å². The van der Waals surface area contributed by atoms with Gasteiger partial charge in [-0.3, -0.25) is 5.32 Å². The number of anilines is 2. The first-order valence-corrected chi connectivity index (χ1v) is 5.89. The van der Waals surface area contributed by atoms with Gasteiger partial charge in [-0.1, -0.05) is 13.0 Å². The van der Waals surface area contributed by atoms with Crippen molar-refractivity contribution in [1.82, 2.24) is 0 Å². The average molecular weight is 234 g/mol. The topological polar surface area (TPSA) is 50.4 Å².